The highest BCUT2D eigenvalue weighted by Gasteiger charge is 2.35. The zero-order valence-electron chi connectivity index (χ0n) is 10.6. The highest BCUT2D eigenvalue weighted by Crippen LogP contribution is 2.19. The summed E-state index contributed by atoms with van der Waals surface area (Å²) in [5.41, 5.74) is 0.845. The van der Waals surface area contributed by atoms with E-state index in [1.807, 2.05) is 24.1 Å². The number of β-amino-alcohol motifs (C(OH)–C–C–N with tert-alkyl or cyclic N) is 1. The molecule has 98 valence electrons. The zero-order chi connectivity index (χ0) is 13.2. The Kier molecular flexibility index (Phi) is 3.54. The van der Waals surface area contributed by atoms with Crippen molar-refractivity contribution in [3.05, 3.63) is 29.8 Å². The third-order valence-corrected chi connectivity index (χ3v) is 3.17. The molecule has 5 heteroatoms. The van der Waals surface area contributed by atoms with Gasteiger partial charge in [-0.2, -0.15) is 0 Å². The van der Waals surface area contributed by atoms with Crippen molar-refractivity contribution < 1.29 is 14.6 Å². The van der Waals surface area contributed by atoms with Crippen LogP contribution in [0.25, 0.3) is 0 Å². The lowest BCUT2D eigenvalue weighted by atomic mass is 9.96. The van der Waals surface area contributed by atoms with Crippen LogP contribution in [0.5, 0.6) is 0 Å². The standard InChI is InChI=1S/C13H18N2O3/c1-15(9-13(17)7-14-8-13)11-5-3-10(4-6-11)12(16)18-2/h3-6,14,17H,7-9H2,1-2H3. The lowest BCUT2D eigenvalue weighted by Gasteiger charge is -2.40. The first-order valence-corrected chi connectivity index (χ1v) is 5.87. The van der Waals surface area contributed by atoms with Crippen LogP contribution in [0, 0.1) is 0 Å². The molecule has 0 unspecified atom stereocenters. The average Bonchev–Trinajstić information content (AvgIpc) is 2.36. The van der Waals surface area contributed by atoms with Gasteiger partial charge in [0.05, 0.1) is 12.7 Å². The van der Waals surface area contributed by atoms with Gasteiger partial charge in [0.25, 0.3) is 0 Å². The molecule has 0 aliphatic carbocycles. The van der Waals surface area contributed by atoms with Crippen LogP contribution in [0.3, 0.4) is 0 Å². The Hall–Kier alpha value is -1.59. The maximum Gasteiger partial charge on any atom is 0.337 e. The van der Waals surface area contributed by atoms with E-state index in [1.54, 1.807) is 12.1 Å². The zero-order valence-corrected chi connectivity index (χ0v) is 10.6. The molecule has 0 spiro atoms. The fourth-order valence-corrected chi connectivity index (χ4v) is 2.03. The molecule has 1 aromatic carbocycles. The smallest absolute Gasteiger partial charge is 0.337 e. The molecular formula is C13H18N2O3. The SMILES string of the molecule is COC(=O)c1ccc(N(C)CC2(O)CNC2)cc1. The van der Waals surface area contributed by atoms with E-state index in [0.29, 0.717) is 25.2 Å². The van der Waals surface area contributed by atoms with E-state index in [4.69, 9.17) is 0 Å². The number of benzene rings is 1. The Morgan fingerprint density at radius 3 is 2.50 bits per heavy atom. The van der Waals surface area contributed by atoms with Crippen molar-refractivity contribution in [1.82, 2.24) is 5.32 Å². The maximum atomic E-state index is 11.3. The number of methoxy groups -OCH3 is 1. The van der Waals surface area contributed by atoms with Gasteiger partial charge in [-0.05, 0) is 24.3 Å². The number of likely N-dealkylation sites (N-methyl/N-ethyl adjacent to an activating group) is 1. The summed E-state index contributed by atoms with van der Waals surface area (Å²) in [6.07, 6.45) is 0. The predicted octanol–water partition coefficient (Wildman–Crippen LogP) is 0.244. The van der Waals surface area contributed by atoms with Crippen LogP contribution in [0.4, 0.5) is 5.69 Å². The van der Waals surface area contributed by atoms with Gasteiger partial charge in [0.1, 0.15) is 5.60 Å². The topological polar surface area (TPSA) is 61.8 Å². The molecule has 1 fully saturated rings. The van der Waals surface area contributed by atoms with Crippen molar-refractivity contribution in [3.63, 3.8) is 0 Å². The summed E-state index contributed by atoms with van der Waals surface area (Å²) in [6.45, 7) is 1.81. The van der Waals surface area contributed by atoms with E-state index in [1.165, 1.54) is 7.11 Å². The summed E-state index contributed by atoms with van der Waals surface area (Å²) < 4.78 is 4.64. The molecule has 5 nitrogen and oxygen atoms in total. The van der Waals surface area contributed by atoms with Crippen LogP contribution in [-0.4, -0.2) is 50.5 Å². The van der Waals surface area contributed by atoms with Crippen molar-refractivity contribution in [1.29, 1.82) is 0 Å². The first-order chi connectivity index (χ1) is 8.54. The Balaban J connectivity index is 2.02. The van der Waals surface area contributed by atoms with Gasteiger partial charge < -0.3 is 20.1 Å². The minimum atomic E-state index is -0.643. The van der Waals surface area contributed by atoms with Gasteiger partial charge >= 0.3 is 5.97 Å². The average molecular weight is 250 g/mol. The lowest BCUT2D eigenvalue weighted by Crippen LogP contribution is -2.64. The van der Waals surface area contributed by atoms with Crippen LogP contribution in [0.15, 0.2) is 24.3 Å². The summed E-state index contributed by atoms with van der Waals surface area (Å²) in [6, 6.07) is 7.14. The van der Waals surface area contributed by atoms with Crippen LogP contribution in [0.2, 0.25) is 0 Å². The van der Waals surface area contributed by atoms with E-state index >= 15 is 0 Å². The Morgan fingerprint density at radius 1 is 1.44 bits per heavy atom. The summed E-state index contributed by atoms with van der Waals surface area (Å²) in [5, 5.41) is 13.1. The van der Waals surface area contributed by atoms with Crippen molar-refractivity contribution in [2.75, 3.05) is 38.7 Å². The number of nitrogens with one attached hydrogen (secondary N) is 1. The molecule has 1 aliphatic rings. The highest BCUT2D eigenvalue weighted by molar-refractivity contribution is 5.89. The van der Waals surface area contributed by atoms with E-state index < -0.39 is 5.60 Å². The number of aliphatic hydroxyl groups is 1. The van der Waals surface area contributed by atoms with Gasteiger partial charge in [-0.25, -0.2) is 4.79 Å². The quantitative estimate of drug-likeness (QED) is 0.750. The third kappa shape index (κ3) is 2.63. The second-order valence-electron chi connectivity index (χ2n) is 4.72. The van der Waals surface area contributed by atoms with Crippen molar-refractivity contribution in [2.24, 2.45) is 0 Å². The van der Waals surface area contributed by atoms with E-state index in [0.717, 1.165) is 5.69 Å². The van der Waals surface area contributed by atoms with Gasteiger partial charge in [0, 0.05) is 32.4 Å². The molecule has 1 aromatic rings. The van der Waals surface area contributed by atoms with Crippen LogP contribution in [-0.2, 0) is 4.74 Å². The number of carbonyl (C=O) groups is 1. The first kappa shape index (κ1) is 12.9. The number of hydrogen-bond donors (Lipinski definition) is 2. The minimum absolute atomic E-state index is 0.342. The molecule has 0 radical (unpaired) electrons. The fraction of sp³-hybridized carbons (Fsp3) is 0.462. The molecule has 0 atom stereocenters. The second-order valence-corrected chi connectivity index (χ2v) is 4.72. The largest absolute Gasteiger partial charge is 0.465 e. The predicted molar refractivity (Wildman–Crippen MR) is 68.9 cm³/mol. The van der Waals surface area contributed by atoms with E-state index in [9.17, 15) is 9.90 Å². The molecule has 1 heterocycles. The van der Waals surface area contributed by atoms with Crippen molar-refractivity contribution in [2.45, 2.75) is 5.60 Å². The van der Waals surface area contributed by atoms with Gasteiger partial charge in [-0.3, -0.25) is 0 Å². The third-order valence-electron chi connectivity index (χ3n) is 3.17. The number of nitrogens with zero attached hydrogens (tertiary/aromatic N) is 1. The molecule has 2 rings (SSSR count). The van der Waals surface area contributed by atoms with Crippen molar-refractivity contribution >= 4 is 11.7 Å². The molecule has 0 amide bonds. The molecule has 1 saturated heterocycles. The summed E-state index contributed by atoms with van der Waals surface area (Å²) in [7, 11) is 3.28. The number of rotatable bonds is 4. The van der Waals surface area contributed by atoms with Crippen LogP contribution in [0.1, 0.15) is 10.4 Å². The minimum Gasteiger partial charge on any atom is -0.465 e. The van der Waals surface area contributed by atoms with E-state index in [-0.39, 0.29) is 5.97 Å². The molecule has 1 aliphatic heterocycles. The summed E-state index contributed by atoms with van der Waals surface area (Å²) >= 11 is 0. The highest BCUT2D eigenvalue weighted by atomic mass is 16.5. The van der Waals surface area contributed by atoms with Crippen molar-refractivity contribution in [3.8, 4) is 0 Å². The number of hydrogen-bond acceptors (Lipinski definition) is 5. The summed E-state index contributed by atoms with van der Waals surface area (Å²) in [4.78, 5) is 13.3. The molecule has 0 aromatic heterocycles. The maximum absolute atomic E-state index is 11.3. The Bertz CT molecular complexity index is 426. The monoisotopic (exact) mass is 250 g/mol. The molecule has 0 bridgehead atoms. The number of carbonyl (C=O) groups excluding carboxylic acids is 1. The van der Waals surface area contributed by atoms with Gasteiger partial charge in [-0.15, -0.1) is 0 Å². The number of anilines is 1. The van der Waals surface area contributed by atoms with Gasteiger partial charge in [-0.1, -0.05) is 0 Å². The molecule has 0 saturated carbocycles. The van der Waals surface area contributed by atoms with Gasteiger partial charge in [0.2, 0.25) is 0 Å². The Labute approximate surface area is 106 Å². The normalized spacial score (nSPS) is 16.8. The van der Waals surface area contributed by atoms with E-state index in [2.05, 4.69) is 10.1 Å². The van der Waals surface area contributed by atoms with Crippen LogP contribution >= 0.6 is 0 Å². The molecular weight excluding hydrogens is 232 g/mol. The van der Waals surface area contributed by atoms with Gasteiger partial charge in [0.15, 0.2) is 0 Å². The van der Waals surface area contributed by atoms with Crippen LogP contribution < -0.4 is 10.2 Å². The molecule has 2 N–H and O–H groups in total. The number of esters is 1. The lowest BCUT2D eigenvalue weighted by molar-refractivity contribution is -0.00156. The molecule has 18 heavy (non-hydrogen) atoms. The number of ether oxygens (including phenoxy) is 1. The fourth-order valence-electron chi connectivity index (χ4n) is 2.03. The Morgan fingerprint density at radius 2 is 2.06 bits per heavy atom. The second kappa shape index (κ2) is 4.96. The summed E-state index contributed by atoms with van der Waals surface area (Å²) in [5.74, 6) is -0.342. The first-order valence-electron chi connectivity index (χ1n) is 5.87.